The molecular weight excluding hydrogens is 368 g/mol. The van der Waals surface area contributed by atoms with Crippen molar-refractivity contribution in [2.45, 2.75) is 19.6 Å². The van der Waals surface area contributed by atoms with Gasteiger partial charge >= 0.3 is 6.61 Å². The maximum atomic E-state index is 12.2. The third-order valence-corrected chi connectivity index (χ3v) is 3.94. The number of nitrogens with one attached hydrogen (secondary N) is 1. The van der Waals surface area contributed by atoms with E-state index >= 15 is 0 Å². The van der Waals surface area contributed by atoms with Gasteiger partial charge in [0.25, 0.3) is 5.91 Å². The third-order valence-electron chi connectivity index (χ3n) is 3.66. The van der Waals surface area contributed by atoms with Crippen molar-refractivity contribution in [2.24, 2.45) is 0 Å². The van der Waals surface area contributed by atoms with Gasteiger partial charge in [-0.1, -0.05) is 11.6 Å². The fourth-order valence-electron chi connectivity index (χ4n) is 2.46. The lowest BCUT2D eigenvalue weighted by Crippen LogP contribution is -2.22. The van der Waals surface area contributed by atoms with Gasteiger partial charge in [0.2, 0.25) is 0 Å². The summed E-state index contributed by atoms with van der Waals surface area (Å²) in [7, 11) is 0. The van der Waals surface area contributed by atoms with Crippen LogP contribution >= 0.6 is 11.6 Å². The van der Waals surface area contributed by atoms with Gasteiger partial charge in [0.1, 0.15) is 5.75 Å². The number of hydrogen-bond donors (Lipinski definition) is 1. The molecule has 0 aliphatic carbocycles. The zero-order chi connectivity index (χ0) is 18.5. The highest BCUT2D eigenvalue weighted by Crippen LogP contribution is 2.37. The number of halogens is 3. The Balaban J connectivity index is 1.64. The predicted molar refractivity (Wildman–Crippen MR) is 91.3 cm³/mol. The molecule has 8 heteroatoms. The molecule has 0 saturated carbocycles. The Morgan fingerprint density at radius 1 is 1.19 bits per heavy atom. The Labute approximate surface area is 153 Å². The summed E-state index contributed by atoms with van der Waals surface area (Å²) in [6.07, 6.45) is 0.766. The number of alkyl halides is 2. The minimum absolute atomic E-state index is 0.00812. The van der Waals surface area contributed by atoms with Crippen LogP contribution in [-0.4, -0.2) is 25.7 Å². The lowest BCUT2D eigenvalue weighted by atomic mass is 10.1. The number of carbonyl (C=O) groups excluding carboxylic acids is 1. The smallest absolute Gasteiger partial charge is 0.387 e. The molecule has 5 nitrogen and oxygen atoms in total. The second kappa shape index (κ2) is 8.23. The molecule has 138 valence electrons. The van der Waals surface area contributed by atoms with Gasteiger partial charge in [0, 0.05) is 18.5 Å². The van der Waals surface area contributed by atoms with E-state index in [2.05, 4.69) is 10.1 Å². The normalized spacial score (nSPS) is 13.2. The van der Waals surface area contributed by atoms with Crippen LogP contribution in [0.2, 0.25) is 5.02 Å². The average molecular weight is 384 g/mol. The van der Waals surface area contributed by atoms with Gasteiger partial charge in [-0.25, -0.2) is 0 Å². The van der Waals surface area contributed by atoms with Gasteiger partial charge in [-0.3, -0.25) is 4.79 Å². The summed E-state index contributed by atoms with van der Waals surface area (Å²) >= 11 is 6.22. The van der Waals surface area contributed by atoms with Crippen molar-refractivity contribution in [1.29, 1.82) is 0 Å². The second-order valence-electron chi connectivity index (χ2n) is 5.54. The lowest BCUT2D eigenvalue weighted by molar-refractivity contribution is -0.0498. The van der Waals surface area contributed by atoms with Crippen LogP contribution in [0.4, 0.5) is 8.78 Å². The van der Waals surface area contributed by atoms with E-state index in [-0.39, 0.29) is 18.2 Å². The third kappa shape index (κ3) is 4.54. The van der Waals surface area contributed by atoms with E-state index in [0.717, 1.165) is 12.0 Å². The molecule has 3 rings (SSSR count). The maximum Gasteiger partial charge on any atom is 0.387 e. The fraction of sp³-hybridized carbons (Fsp3) is 0.278. The first-order valence-electron chi connectivity index (χ1n) is 7.94. The number of benzene rings is 2. The monoisotopic (exact) mass is 383 g/mol. The molecule has 1 aliphatic rings. The minimum Gasteiger partial charge on any atom is -0.489 e. The molecule has 0 spiro atoms. The molecule has 0 fully saturated rings. The molecule has 1 heterocycles. The van der Waals surface area contributed by atoms with Gasteiger partial charge in [-0.15, -0.1) is 0 Å². The second-order valence-corrected chi connectivity index (χ2v) is 5.95. The first-order valence-corrected chi connectivity index (χ1v) is 8.32. The number of ether oxygens (including phenoxy) is 3. The van der Waals surface area contributed by atoms with Crippen LogP contribution in [0.3, 0.4) is 0 Å². The molecule has 1 N–H and O–H groups in total. The minimum atomic E-state index is -2.90. The number of fused-ring (bicyclic) bond motifs is 1. The highest BCUT2D eigenvalue weighted by molar-refractivity contribution is 6.32. The SMILES string of the molecule is O=C(NCc1cc(Cl)c2c(c1)OCCCO2)c1ccc(OC(F)F)cc1. The van der Waals surface area contributed by atoms with Gasteiger partial charge in [0.15, 0.2) is 11.5 Å². The standard InChI is InChI=1S/C18H16ClF2NO4/c19-14-8-11(9-15-16(14)25-7-1-6-24-15)10-22-17(23)12-2-4-13(5-3-12)26-18(20)21/h2-5,8-9,18H,1,6-7,10H2,(H,22,23). The molecule has 0 bridgehead atoms. The molecule has 2 aromatic carbocycles. The van der Waals surface area contributed by atoms with Gasteiger partial charge < -0.3 is 19.5 Å². The largest absolute Gasteiger partial charge is 0.489 e. The summed E-state index contributed by atoms with van der Waals surface area (Å²) in [6.45, 7) is -1.61. The van der Waals surface area contributed by atoms with Crippen LogP contribution in [0, 0.1) is 0 Å². The summed E-state index contributed by atoms with van der Waals surface area (Å²) in [5.41, 5.74) is 1.08. The van der Waals surface area contributed by atoms with Crippen molar-refractivity contribution in [2.75, 3.05) is 13.2 Å². The van der Waals surface area contributed by atoms with Crippen molar-refractivity contribution >= 4 is 17.5 Å². The van der Waals surface area contributed by atoms with E-state index in [1.165, 1.54) is 24.3 Å². The molecule has 0 atom stereocenters. The topological polar surface area (TPSA) is 56.8 Å². The van der Waals surface area contributed by atoms with Gasteiger partial charge in [-0.2, -0.15) is 8.78 Å². The highest BCUT2D eigenvalue weighted by atomic mass is 35.5. The van der Waals surface area contributed by atoms with Crippen LogP contribution < -0.4 is 19.5 Å². The van der Waals surface area contributed by atoms with Crippen molar-refractivity contribution < 1.29 is 27.8 Å². The summed E-state index contributed by atoms with van der Waals surface area (Å²) in [5, 5.41) is 3.16. The maximum absolute atomic E-state index is 12.2. The van der Waals surface area contributed by atoms with E-state index in [9.17, 15) is 13.6 Å². The molecule has 0 aromatic heterocycles. The Morgan fingerprint density at radius 2 is 1.92 bits per heavy atom. The molecule has 0 saturated heterocycles. The lowest BCUT2D eigenvalue weighted by Gasteiger charge is -2.12. The summed E-state index contributed by atoms with van der Waals surface area (Å²) < 4.78 is 39.7. The van der Waals surface area contributed by atoms with Crippen molar-refractivity contribution in [3.63, 3.8) is 0 Å². The van der Waals surface area contributed by atoms with E-state index in [0.29, 0.717) is 35.3 Å². The van der Waals surface area contributed by atoms with Crippen LogP contribution in [0.5, 0.6) is 17.2 Å². The van der Waals surface area contributed by atoms with E-state index < -0.39 is 6.61 Å². The molecule has 0 radical (unpaired) electrons. The van der Waals surface area contributed by atoms with E-state index in [1.54, 1.807) is 12.1 Å². The Bertz CT molecular complexity index is 784. The van der Waals surface area contributed by atoms with Crippen LogP contribution in [0.15, 0.2) is 36.4 Å². The number of carbonyl (C=O) groups is 1. The quantitative estimate of drug-likeness (QED) is 0.846. The highest BCUT2D eigenvalue weighted by Gasteiger charge is 2.16. The molecular formula is C18H16ClF2NO4. The molecule has 26 heavy (non-hydrogen) atoms. The Morgan fingerprint density at radius 3 is 2.65 bits per heavy atom. The molecule has 2 aromatic rings. The van der Waals surface area contributed by atoms with Crippen molar-refractivity contribution in [1.82, 2.24) is 5.32 Å². The van der Waals surface area contributed by atoms with Crippen LogP contribution in [0.25, 0.3) is 0 Å². The Hall–Kier alpha value is -2.54. The van der Waals surface area contributed by atoms with Gasteiger partial charge in [-0.05, 0) is 42.0 Å². The molecule has 0 unspecified atom stereocenters. The zero-order valence-corrected chi connectivity index (χ0v) is 14.4. The fourth-order valence-corrected chi connectivity index (χ4v) is 2.75. The number of hydrogen-bond acceptors (Lipinski definition) is 4. The molecule has 1 aliphatic heterocycles. The Kier molecular flexibility index (Phi) is 5.78. The van der Waals surface area contributed by atoms with Crippen LogP contribution in [-0.2, 0) is 6.54 Å². The van der Waals surface area contributed by atoms with Gasteiger partial charge in [0.05, 0.1) is 18.2 Å². The number of rotatable bonds is 5. The first kappa shape index (κ1) is 18.3. The van der Waals surface area contributed by atoms with Crippen molar-refractivity contribution in [3.8, 4) is 17.2 Å². The molecule has 1 amide bonds. The number of amides is 1. The summed E-state index contributed by atoms with van der Waals surface area (Å²) in [4.78, 5) is 12.2. The van der Waals surface area contributed by atoms with Crippen molar-refractivity contribution in [3.05, 3.63) is 52.5 Å². The van der Waals surface area contributed by atoms with E-state index in [4.69, 9.17) is 21.1 Å². The summed E-state index contributed by atoms with van der Waals surface area (Å²) in [5.74, 6) is 0.699. The predicted octanol–water partition coefficient (Wildman–Crippen LogP) is 4.03. The average Bonchev–Trinajstić information content (AvgIpc) is 2.85. The van der Waals surface area contributed by atoms with E-state index in [1.807, 2.05) is 0 Å². The zero-order valence-electron chi connectivity index (χ0n) is 13.6. The first-order chi connectivity index (χ1) is 12.5. The summed E-state index contributed by atoms with van der Waals surface area (Å²) in [6, 6.07) is 8.92. The van der Waals surface area contributed by atoms with Crippen LogP contribution in [0.1, 0.15) is 22.3 Å².